The maximum Gasteiger partial charge on any atom is 0.213 e. The van der Waals surface area contributed by atoms with Gasteiger partial charge >= 0.3 is 0 Å². The number of rotatable bonds is 8. The number of pyridine rings is 1. The molecule has 6 heteroatoms. The average Bonchev–Trinajstić information content (AvgIpc) is 3.31. The highest BCUT2D eigenvalue weighted by Crippen LogP contribution is 2.18. The molecule has 6 nitrogen and oxygen atoms in total. The number of hydrogen-bond acceptors (Lipinski definition) is 4. The number of hydrogen-bond donors (Lipinski definition) is 2. The van der Waals surface area contributed by atoms with Gasteiger partial charge in [-0.2, -0.15) is 0 Å². The third-order valence-corrected chi connectivity index (χ3v) is 3.02. The van der Waals surface area contributed by atoms with Gasteiger partial charge in [0, 0.05) is 32.0 Å². The van der Waals surface area contributed by atoms with E-state index in [0.29, 0.717) is 31.7 Å². The molecule has 0 amide bonds. The molecule has 1 aromatic heterocycles. The molecular weight excluding hydrogens is 268 g/mol. The molecule has 1 fully saturated rings. The minimum absolute atomic E-state index is 0.511. The summed E-state index contributed by atoms with van der Waals surface area (Å²) in [6, 6.07) is 4.44. The third-order valence-electron chi connectivity index (χ3n) is 3.02. The van der Waals surface area contributed by atoms with Crippen LogP contribution < -0.4 is 15.4 Å². The van der Waals surface area contributed by atoms with E-state index in [-0.39, 0.29) is 0 Å². The standard InChI is InChI=1S/C15H24N4O2/c1-3-16-15(19-13-5-6-13)18-11-12-4-7-14(17-10-12)21-9-8-20-2/h4,7,10,13H,3,5-6,8-9,11H2,1-2H3,(H2,16,18,19). The highest BCUT2D eigenvalue weighted by atomic mass is 16.5. The zero-order valence-corrected chi connectivity index (χ0v) is 12.8. The van der Waals surface area contributed by atoms with E-state index in [2.05, 4.69) is 27.5 Å². The van der Waals surface area contributed by atoms with Gasteiger partial charge in [-0.1, -0.05) is 6.07 Å². The summed E-state index contributed by atoms with van der Waals surface area (Å²) in [5, 5.41) is 6.64. The monoisotopic (exact) mass is 292 g/mol. The minimum atomic E-state index is 0.511. The summed E-state index contributed by atoms with van der Waals surface area (Å²) in [7, 11) is 1.65. The maximum absolute atomic E-state index is 5.43. The average molecular weight is 292 g/mol. The highest BCUT2D eigenvalue weighted by molar-refractivity contribution is 5.80. The Hall–Kier alpha value is -1.82. The van der Waals surface area contributed by atoms with E-state index >= 15 is 0 Å². The lowest BCUT2D eigenvalue weighted by molar-refractivity contribution is 0.143. The van der Waals surface area contributed by atoms with Crippen molar-refractivity contribution >= 4 is 5.96 Å². The van der Waals surface area contributed by atoms with Crippen molar-refractivity contribution in [2.45, 2.75) is 32.4 Å². The van der Waals surface area contributed by atoms with Crippen LogP contribution in [0.1, 0.15) is 25.3 Å². The van der Waals surface area contributed by atoms with E-state index in [1.165, 1.54) is 12.8 Å². The molecule has 116 valence electrons. The molecule has 21 heavy (non-hydrogen) atoms. The fourth-order valence-corrected chi connectivity index (χ4v) is 1.73. The van der Waals surface area contributed by atoms with Crippen LogP contribution >= 0.6 is 0 Å². The lowest BCUT2D eigenvalue weighted by atomic mass is 10.3. The number of methoxy groups -OCH3 is 1. The molecule has 1 aliphatic carbocycles. The molecule has 1 aromatic rings. The summed E-state index contributed by atoms with van der Waals surface area (Å²) < 4.78 is 10.4. The largest absolute Gasteiger partial charge is 0.475 e. The van der Waals surface area contributed by atoms with Crippen LogP contribution in [0.25, 0.3) is 0 Å². The Bertz CT molecular complexity index is 443. The molecule has 0 unspecified atom stereocenters. The number of ether oxygens (including phenoxy) is 2. The Balaban J connectivity index is 1.82. The number of nitrogens with one attached hydrogen (secondary N) is 2. The first kappa shape index (κ1) is 15.6. The van der Waals surface area contributed by atoms with Crippen molar-refractivity contribution in [1.29, 1.82) is 0 Å². The molecule has 0 spiro atoms. The molecule has 2 N–H and O–H groups in total. The van der Waals surface area contributed by atoms with Crippen LogP contribution in [0.5, 0.6) is 5.88 Å². The number of nitrogens with zero attached hydrogens (tertiary/aromatic N) is 2. The van der Waals surface area contributed by atoms with Gasteiger partial charge in [0.15, 0.2) is 5.96 Å². The lowest BCUT2D eigenvalue weighted by Gasteiger charge is -2.10. The van der Waals surface area contributed by atoms with Crippen molar-refractivity contribution in [3.63, 3.8) is 0 Å². The van der Waals surface area contributed by atoms with E-state index in [0.717, 1.165) is 18.1 Å². The Kier molecular flexibility index (Phi) is 6.27. The number of guanidine groups is 1. The first-order valence-electron chi connectivity index (χ1n) is 7.43. The van der Waals surface area contributed by atoms with Gasteiger partial charge in [-0.25, -0.2) is 9.98 Å². The maximum atomic E-state index is 5.43. The van der Waals surface area contributed by atoms with Crippen LogP contribution in [0.15, 0.2) is 23.3 Å². The van der Waals surface area contributed by atoms with Gasteiger partial charge in [0.05, 0.1) is 13.2 Å². The van der Waals surface area contributed by atoms with Crippen molar-refractivity contribution in [3.8, 4) is 5.88 Å². The van der Waals surface area contributed by atoms with Crippen molar-refractivity contribution in [2.75, 3.05) is 26.9 Å². The van der Waals surface area contributed by atoms with Crippen LogP contribution in [0.3, 0.4) is 0 Å². The molecule has 1 saturated carbocycles. The molecule has 0 saturated heterocycles. The Labute approximate surface area is 126 Å². The molecule has 0 atom stereocenters. The number of aromatic nitrogens is 1. The summed E-state index contributed by atoms with van der Waals surface area (Å²) >= 11 is 0. The zero-order chi connectivity index (χ0) is 14.9. The second-order valence-corrected chi connectivity index (χ2v) is 4.96. The fourth-order valence-electron chi connectivity index (χ4n) is 1.73. The second-order valence-electron chi connectivity index (χ2n) is 4.96. The smallest absolute Gasteiger partial charge is 0.213 e. The van der Waals surface area contributed by atoms with Gasteiger partial charge in [0.1, 0.15) is 6.61 Å². The van der Waals surface area contributed by atoms with Gasteiger partial charge in [0.25, 0.3) is 0 Å². The van der Waals surface area contributed by atoms with E-state index in [4.69, 9.17) is 9.47 Å². The highest BCUT2D eigenvalue weighted by Gasteiger charge is 2.21. The van der Waals surface area contributed by atoms with Crippen molar-refractivity contribution in [1.82, 2.24) is 15.6 Å². The molecule has 0 bridgehead atoms. The topological polar surface area (TPSA) is 67.8 Å². The van der Waals surface area contributed by atoms with Gasteiger partial charge < -0.3 is 20.1 Å². The molecule has 0 aromatic carbocycles. The molecule has 1 heterocycles. The fraction of sp³-hybridized carbons (Fsp3) is 0.600. The first-order valence-corrected chi connectivity index (χ1v) is 7.43. The SMILES string of the molecule is CCNC(=NCc1ccc(OCCOC)nc1)NC1CC1. The molecule has 2 rings (SSSR count). The minimum Gasteiger partial charge on any atom is -0.475 e. The van der Waals surface area contributed by atoms with E-state index in [9.17, 15) is 0 Å². The van der Waals surface area contributed by atoms with Crippen LogP contribution in [0, 0.1) is 0 Å². The summed E-state index contributed by atoms with van der Waals surface area (Å²) in [5.74, 6) is 1.49. The van der Waals surface area contributed by atoms with Crippen molar-refractivity contribution in [2.24, 2.45) is 4.99 Å². The van der Waals surface area contributed by atoms with Crippen LogP contribution in [-0.2, 0) is 11.3 Å². The van der Waals surface area contributed by atoms with Crippen LogP contribution in [-0.4, -0.2) is 43.9 Å². The molecule has 1 aliphatic rings. The van der Waals surface area contributed by atoms with Gasteiger partial charge in [-0.3, -0.25) is 0 Å². The molecular formula is C15H24N4O2. The van der Waals surface area contributed by atoms with Crippen LogP contribution in [0.4, 0.5) is 0 Å². The Morgan fingerprint density at radius 3 is 2.86 bits per heavy atom. The van der Waals surface area contributed by atoms with Gasteiger partial charge in [-0.15, -0.1) is 0 Å². The van der Waals surface area contributed by atoms with Crippen LogP contribution in [0.2, 0.25) is 0 Å². The second kappa shape index (κ2) is 8.46. The summed E-state index contributed by atoms with van der Waals surface area (Å²) in [5.41, 5.74) is 1.06. The quantitative estimate of drug-likeness (QED) is 0.430. The van der Waals surface area contributed by atoms with Crippen molar-refractivity contribution in [3.05, 3.63) is 23.9 Å². The Morgan fingerprint density at radius 1 is 1.38 bits per heavy atom. The van der Waals surface area contributed by atoms with E-state index < -0.39 is 0 Å². The predicted octanol–water partition coefficient (Wildman–Crippen LogP) is 1.32. The van der Waals surface area contributed by atoms with E-state index in [1.54, 1.807) is 13.3 Å². The van der Waals surface area contributed by atoms with Crippen molar-refractivity contribution < 1.29 is 9.47 Å². The lowest BCUT2D eigenvalue weighted by Crippen LogP contribution is -2.38. The Morgan fingerprint density at radius 2 is 2.24 bits per heavy atom. The van der Waals surface area contributed by atoms with E-state index in [1.807, 2.05) is 12.1 Å². The van der Waals surface area contributed by atoms with Gasteiger partial charge in [0.2, 0.25) is 5.88 Å². The normalized spacial score (nSPS) is 14.9. The molecule has 0 radical (unpaired) electrons. The number of aliphatic imine (C=N–C) groups is 1. The third kappa shape index (κ3) is 5.99. The summed E-state index contributed by atoms with van der Waals surface area (Å²) in [6.07, 6.45) is 4.27. The zero-order valence-electron chi connectivity index (χ0n) is 12.8. The van der Waals surface area contributed by atoms with Gasteiger partial charge in [-0.05, 0) is 25.3 Å². The predicted molar refractivity (Wildman–Crippen MR) is 82.6 cm³/mol. The molecule has 0 aliphatic heterocycles. The first-order chi connectivity index (χ1) is 10.3. The summed E-state index contributed by atoms with van der Waals surface area (Å²) in [4.78, 5) is 8.82. The summed E-state index contributed by atoms with van der Waals surface area (Å²) in [6.45, 7) is 4.61.